The molecule has 0 fully saturated rings. The highest BCUT2D eigenvalue weighted by molar-refractivity contribution is 5.94. The fraction of sp³-hybridized carbons (Fsp3) is 0.259. The predicted octanol–water partition coefficient (Wildman–Crippen LogP) is 5.47. The summed E-state index contributed by atoms with van der Waals surface area (Å²) < 4.78 is 7.21. The van der Waals surface area contributed by atoms with E-state index in [0.717, 1.165) is 31.6 Å². The standard InChI is InChI=1S/C27H27N3O2.ClH/c1-18-19(2)30(16-20-8-10-22(11-9-20)27(31)32-3)26-24(18)14-28-15-25(26)29-13-12-21-6-4-5-7-23(21)17-29;/h4-11,14-15H,12-13,16-17H2,1-3H3;1H. The largest absolute Gasteiger partial charge is 0.465 e. The van der Waals surface area contributed by atoms with E-state index in [-0.39, 0.29) is 18.4 Å². The fourth-order valence-corrected chi connectivity index (χ4v) is 4.74. The quantitative estimate of drug-likeness (QED) is 0.378. The minimum Gasteiger partial charge on any atom is -0.465 e. The smallest absolute Gasteiger partial charge is 0.337 e. The van der Waals surface area contributed by atoms with Gasteiger partial charge in [0.1, 0.15) is 0 Å². The monoisotopic (exact) mass is 461 g/mol. The van der Waals surface area contributed by atoms with E-state index in [4.69, 9.17) is 4.74 Å². The van der Waals surface area contributed by atoms with Crippen LogP contribution in [-0.2, 0) is 24.2 Å². The molecule has 5 nitrogen and oxygen atoms in total. The summed E-state index contributed by atoms with van der Waals surface area (Å²) in [7, 11) is 1.41. The number of ether oxygens (including phenoxy) is 1. The molecule has 0 atom stereocenters. The van der Waals surface area contributed by atoms with Crippen molar-refractivity contribution in [1.29, 1.82) is 0 Å². The highest BCUT2D eigenvalue weighted by atomic mass is 35.5. The first kappa shape index (κ1) is 22.9. The summed E-state index contributed by atoms with van der Waals surface area (Å²) in [6.45, 7) is 6.96. The molecule has 2 aromatic heterocycles. The van der Waals surface area contributed by atoms with Crippen LogP contribution in [0.1, 0.15) is 38.3 Å². The van der Waals surface area contributed by atoms with Crippen LogP contribution in [0.3, 0.4) is 0 Å². The molecular formula is C27H28ClN3O2. The summed E-state index contributed by atoms with van der Waals surface area (Å²) in [6, 6.07) is 16.4. The molecule has 0 unspecified atom stereocenters. The third-order valence-corrected chi connectivity index (χ3v) is 6.71. The Labute approximate surface area is 200 Å². The zero-order valence-corrected chi connectivity index (χ0v) is 20.0. The number of anilines is 1. The number of carbonyl (C=O) groups is 1. The molecule has 0 aliphatic carbocycles. The van der Waals surface area contributed by atoms with Crippen molar-refractivity contribution < 1.29 is 9.53 Å². The maximum absolute atomic E-state index is 11.8. The first-order valence-corrected chi connectivity index (χ1v) is 11.0. The zero-order chi connectivity index (χ0) is 22.2. The van der Waals surface area contributed by atoms with Gasteiger partial charge in [-0.3, -0.25) is 4.98 Å². The molecule has 33 heavy (non-hydrogen) atoms. The number of hydrogen-bond acceptors (Lipinski definition) is 4. The van der Waals surface area contributed by atoms with Crippen molar-refractivity contribution in [2.75, 3.05) is 18.6 Å². The molecule has 0 spiro atoms. The molecule has 2 aromatic carbocycles. The number of aryl methyl sites for hydroxylation is 1. The highest BCUT2D eigenvalue weighted by Gasteiger charge is 2.22. The van der Waals surface area contributed by atoms with Gasteiger partial charge in [0.2, 0.25) is 0 Å². The summed E-state index contributed by atoms with van der Waals surface area (Å²) in [6.07, 6.45) is 5.03. The Kier molecular flexibility index (Phi) is 6.43. The Morgan fingerprint density at radius 3 is 2.48 bits per heavy atom. The van der Waals surface area contributed by atoms with Crippen LogP contribution < -0.4 is 4.90 Å². The number of halogens is 1. The van der Waals surface area contributed by atoms with E-state index in [1.807, 2.05) is 36.7 Å². The Hall–Kier alpha value is -3.31. The number of aromatic nitrogens is 2. The van der Waals surface area contributed by atoms with E-state index in [0.29, 0.717) is 5.56 Å². The second-order valence-corrected chi connectivity index (χ2v) is 8.48. The van der Waals surface area contributed by atoms with Gasteiger partial charge >= 0.3 is 5.97 Å². The van der Waals surface area contributed by atoms with Crippen LogP contribution in [0.2, 0.25) is 0 Å². The maximum Gasteiger partial charge on any atom is 0.337 e. The van der Waals surface area contributed by atoms with Crippen molar-refractivity contribution in [2.24, 2.45) is 0 Å². The third kappa shape index (κ3) is 4.09. The Morgan fingerprint density at radius 2 is 1.76 bits per heavy atom. The van der Waals surface area contributed by atoms with Crippen molar-refractivity contribution >= 4 is 35.0 Å². The molecular weight excluding hydrogens is 434 g/mol. The minimum atomic E-state index is -0.311. The van der Waals surface area contributed by atoms with Gasteiger partial charge in [-0.05, 0) is 54.7 Å². The number of fused-ring (bicyclic) bond motifs is 2. The van der Waals surface area contributed by atoms with Crippen LogP contribution in [0.15, 0.2) is 60.9 Å². The number of carbonyl (C=O) groups excluding carboxylic acids is 1. The van der Waals surface area contributed by atoms with Gasteiger partial charge in [-0.1, -0.05) is 36.4 Å². The topological polar surface area (TPSA) is 47.4 Å². The molecule has 6 heteroatoms. The van der Waals surface area contributed by atoms with Gasteiger partial charge in [0.15, 0.2) is 0 Å². The molecule has 0 radical (unpaired) electrons. The highest BCUT2D eigenvalue weighted by Crippen LogP contribution is 2.35. The fourth-order valence-electron chi connectivity index (χ4n) is 4.74. The molecule has 0 saturated carbocycles. The van der Waals surface area contributed by atoms with Crippen LogP contribution >= 0.6 is 12.4 Å². The molecule has 3 heterocycles. The molecule has 4 aromatic rings. The second kappa shape index (κ2) is 9.28. The number of rotatable bonds is 4. The van der Waals surface area contributed by atoms with E-state index >= 15 is 0 Å². The summed E-state index contributed by atoms with van der Waals surface area (Å²) in [5.74, 6) is -0.311. The van der Waals surface area contributed by atoms with Gasteiger partial charge in [-0.2, -0.15) is 0 Å². The molecule has 0 saturated heterocycles. The van der Waals surface area contributed by atoms with E-state index in [2.05, 4.69) is 52.6 Å². The lowest BCUT2D eigenvalue weighted by Gasteiger charge is -2.31. The lowest BCUT2D eigenvalue weighted by atomic mass is 9.99. The van der Waals surface area contributed by atoms with Gasteiger partial charge in [0, 0.05) is 36.9 Å². The Morgan fingerprint density at radius 1 is 1.03 bits per heavy atom. The number of methoxy groups -OCH3 is 1. The summed E-state index contributed by atoms with van der Waals surface area (Å²) >= 11 is 0. The second-order valence-electron chi connectivity index (χ2n) is 8.48. The molecule has 0 amide bonds. The van der Waals surface area contributed by atoms with Gasteiger partial charge in [0.25, 0.3) is 0 Å². The van der Waals surface area contributed by atoms with Gasteiger partial charge in [-0.15, -0.1) is 12.4 Å². The lowest BCUT2D eigenvalue weighted by molar-refractivity contribution is 0.0600. The number of hydrogen-bond donors (Lipinski definition) is 0. The van der Waals surface area contributed by atoms with Crippen molar-refractivity contribution in [3.05, 3.63) is 94.4 Å². The summed E-state index contributed by atoms with van der Waals surface area (Å²) in [5, 5.41) is 1.20. The first-order chi connectivity index (χ1) is 15.6. The van der Waals surface area contributed by atoms with Gasteiger partial charge in [-0.25, -0.2) is 4.79 Å². The summed E-state index contributed by atoms with van der Waals surface area (Å²) in [4.78, 5) is 18.8. The van der Waals surface area contributed by atoms with Crippen LogP contribution in [0.4, 0.5) is 5.69 Å². The molecule has 5 rings (SSSR count). The third-order valence-electron chi connectivity index (χ3n) is 6.71. The van der Waals surface area contributed by atoms with Crippen LogP contribution in [-0.4, -0.2) is 29.2 Å². The molecule has 1 aliphatic heterocycles. The van der Waals surface area contributed by atoms with E-state index in [9.17, 15) is 4.79 Å². The zero-order valence-electron chi connectivity index (χ0n) is 19.2. The normalized spacial score (nSPS) is 12.9. The van der Waals surface area contributed by atoms with Crippen LogP contribution in [0.5, 0.6) is 0 Å². The number of esters is 1. The van der Waals surface area contributed by atoms with Gasteiger partial charge in [0.05, 0.1) is 30.1 Å². The average molecular weight is 462 g/mol. The van der Waals surface area contributed by atoms with E-state index < -0.39 is 0 Å². The van der Waals surface area contributed by atoms with Crippen molar-refractivity contribution in [3.63, 3.8) is 0 Å². The first-order valence-electron chi connectivity index (χ1n) is 11.0. The van der Waals surface area contributed by atoms with Crippen molar-refractivity contribution in [3.8, 4) is 0 Å². The Balaban J connectivity index is 0.00000259. The van der Waals surface area contributed by atoms with Crippen LogP contribution in [0.25, 0.3) is 10.9 Å². The number of nitrogens with zero attached hydrogens (tertiary/aromatic N) is 3. The van der Waals surface area contributed by atoms with Crippen molar-refractivity contribution in [2.45, 2.75) is 33.4 Å². The number of pyridine rings is 1. The maximum atomic E-state index is 11.8. The lowest BCUT2D eigenvalue weighted by Crippen LogP contribution is -2.30. The molecule has 170 valence electrons. The predicted molar refractivity (Wildman–Crippen MR) is 135 cm³/mol. The SMILES string of the molecule is COC(=O)c1ccc(Cn2c(C)c(C)c3cncc(N4CCc5ccccc5C4)c32)cc1.Cl. The molecule has 0 bridgehead atoms. The average Bonchev–Trinajstić information content (AvgIpc) is 3.08. The minimum absolute atomic E-state index is 0. The number of benzene rings is 2. The van der Waals surface area contributed by atoms with E-state index in [1.165, 1.54) is 46.1 Å². The van der Waals surface area contributed by atoms with Crippen molar-refractivity contribution in [1.82, 2.24) is 9.55 Å². The summed E-state index contributed by atoms with van der Waals surface area (Å²) in [5.41, 5.74) is 9.45. The van der Waals surface area contributed by atoms with Crippen LogP contribution in [0, 0.1) is 13.8 Å². The Bertz CT molecular complexity index is 1310. The molecule has 1 aliphatic rings. The van der Waals surface area contributed by atoms with Gasteiger partial charge < -0.3 is 14.2 Å². The van der Waals surface area contributed by atoms with E-state index in [1.54, 1.807) is 0 Å². The molecule has 0 N–H and O–H groups in total.